The van der Waals surface area contributed by atoms with Crippen molar-refractivity contribution in [3.05, 3.63) is 12.2 Å². The molecule has 1 rings (SSSR count). The molecule has 0 aromatic carbocycles. The van der Waals surface area contributed by atoms with Gasteiger partial charge in [0.2, 0.25) is 0 Å². The lowest BCUT2D eigenvalue weighted by atomic mass is 10.2. The predicted molar refractivity (Wildman–Crippen MR) is 44.1 cm³/mol. The molecule has 1 unspecified atom stereocenters. The van der Waals surface area contributed by atoms with Gasteiger partial charge in [-0.15, -0.1) is 0 Å². The third-order valence-electron chi connectivity index (χ3n) is 1.39. The Labute approximate surface area is 68.1 Å². The molecular formula is C9H16O2. The summed E-state index contributed by atoms with van der Waals surface area (Å²) in [6.07, 6.45) is 6.51. The van der Waals surface area contributed by atoms with Crippen LogP contribution in [-0.2, 0) is 9.78 Å². The van der Waals surface area contributed by atoms with E-state index in [4.69, 9.17) is 9.78 Å². The first-order valence-corrected chi connectivity index (χ1v) is 4.09. The van der Waals surface area contributed by atoms with Crippen molar-refractivity contribution >= 4 is 0 Å². The maximum Gasteiger partial charge on any atom is 0.111 e. The van der Waals surface area contributed by atoms with Gasteiger partial charge in [-0.2, -0.15) is 0 Å². The van der Waals surface area contributed by atoms with Gasteiger partial charge in [-0.3, -0.25) is 0 Å². The van der Waals surface area contributed by atoms with Crippen LogP contribution in [0.3, 0.4) is 0 Å². The molecule has 0 heterocycles. The lowest BCUT2D eigenvalue weighted by Crippen LogP contribution is -2.22. The molecule has 1 aliphatic rings. The minimum Gasteiger partial charge on any atom is -0.230 e. The van der Waals surface area contributed by atoms with Crippen molar-refractivity contribution in [1.82, 2.24) is 0 Å². The molecular weight excluding hydrogens is 140 g/mol. The summed E-state index contributed by atoms with van der Waals surface area (Å²) in [7, 11) is 0. The van der Waals surface area contributed by atoms with Crippen LogP contribution in [0.4, 0.5) is 0 Å². The molecule has 0 saturated heterocycles. The van der Waals surface area contributed by atoms with Crippen LogP contribution in [0.15, 0.2) is 12.2 Å². The molecule has 64 valence electrons. The second-order valence-electron chi connectivity index (χ2n) is 3.84. The molecule has 0 aromatic heterocycles. The third-order valence-corrected chi connectivity index (χ3v) is 1.39. The Balaban J connectivity index is 2.17. The SMILES string of the molecule is CC(C)(C)OOC1C=CCC1. The highest BCUT2D eigenvalue weighted by atomic mass is 17.2. The Morgan fingerprint density at radius 2 is 2.09 bits per heavy atom. The highest BCUT2D eigenvalue weighted by Gasteiger charge is 2.16. The van der Waals surface area contributed by atoms with Crippen LogP contribution < -0.4 is 0 Å². The Bertz CT molecular complexity index is 144. The monoisotopic (exact) mass is 156 g/mol. The minimum absolute atomic E-state index is 0.175. The van der Waals surface area contributed by atoms with Crippen molar-refractivity contribution in [2.24, 2.45) is 0 Å². The lowest BCUT2D eigenvalue weighted by molar-refractivity contribution is -0.364. The van der Waals surface area contributed by atoms with E-state index in [9.17, 15) is 0 Å². The van der Waals surface area contributed by atoms with Gasteiger partial charge in [-0.05, 0) is 33.6 Å². The summed E-state index contributed by atoms with van der Waals surface area (Å²) >= 11 is 0. The summed E-state index contributed by atoms with van der Waals surface area (Å²) in [6.45, 7) is 5.93. The molecule has 0 radical (unpaired) electrons. The van der Waals surface area contributed by atoms with E-state index in [0.717, 1.165) is 12.8 Å². The van der Waals surface area contributed by atoms with Crippen molar-refractivity contribution in [2.75, 3.05) is 0 Å². The number of rotatable bonds is 2. The molecule has 1 atom stereocenters. The smallest absolute Gasteiger partial charge is 0.111 e. The second kappa shape index (κ2) is 3.37. The van der Waals surface area contributed by atoms with Crippen LogP contribution in [-0.4, -0.2) is 11.7 Å². The minimum atomic E-state index is -0.198. The average Bonchev–Trinajstić information content (AvgIpc) is 2.32. The van der Waals surface area contributed by atoms with E-state index in [1.807, 2.05) is 26.8 Å². The molecule has 0 amide bonds. The van der Waals surface area contributed by atoms with Gasteiger partial charge in [0.05, 0.1) is 5.60 Å². The molecule has 2 heteroatoms. The Kier molecular flexibility index (Phi) is 2.68. The zero-order chi connectivity index (χ0) is 8.32. The number of hydrogen-bond acceptors (Lipinski definition) is 2. The molecule has 11 heavy (non-hydrogen) atoms. The van der Waals surface area contributed by atoms with Crippen molar-refractivity contribution in [1.29, 1.82) is 0 Å². The van der Waals surface area contributed by atoms with Gasteiger partial charge < -0.3 is 0 Å². The fourth-order valence-electron chi connectivity index (χ4n) is 0.891. The Hall–Kier alpha value is -0.340. The normalized spacial score (nSPS) is 24.5. The molecule has 0 N–H and O–H groups in total. The topological polar surface area (TPSA) is 18.5 Å². The standard InChI is InChI=1S/C9H16O2/c1-9(2,3)11-10-8-6-4-5-7-8/h4,6,8H,5,7H2,1-3H3. The van der Waals surface area contributed by atoms with Gasteiger partial charge in [0, 0.05) is 0 Å². The molecule has 1 aliphatic carbocycles. The molecule has 0 aromatic rings. The van der Waals surface area contributed by atoms with Crippen LogP contribution in [0.2, 0.25) is 0 Å². The fraction of sp³-hybridized carbons (Fsp3) is 0.778. The van der Waals surface area contributed by atoms with Gasteiger partial charge in [-0.1, -0.05) is 12.2 Å². The molecule has 2 nitrogen and oxygen atoms in total. The van der Waals surface area contributed by atoms with Crippen LogP contribution in [0.5, 0.6) is 0 Å². The maximum atomic E-state index is 5.18. The number of hydrogen-bond donors (Lipinski definition) is 0. The summed E-state index contributed by atoms with van der Waals surface area (Å²) in [4.78, 5) is 10.3. The van der Waals surface area contributed by atoms with Gasteiger partial charge in [0.1, 0.15) is 6.10 Å². The first-order chi connectivity index (χ1) is 5.08. The highest BCUT2D eigenvalue weighted by molar-refractivity contribution is 4.96. The van der Waals surface area contributed by atoms with Crippen molar-refractivity contribution in [2.45, 2.75) is 45.3 Å². The molecule has 0 aliphatic heterocycles. The summed E-state index contributed by atoms with van der Waals surface area (Å²) in [6, 6.07) is 0. The van der Waals surface area contributed by atoms with Crippen LogP contribution >= 0.6 is 0 Å². The molecule has 0 bridgehead atoms. The van der Waals surface area contributed by atoms with Gasteiger partial charge >= 0.3 is 0 Å². The van der Waals surface area contributed by atoms with Crippen LogP contribution in [0.1, 0.15) is 33.6 Å². The van der Waals surface area contributed by atoms with Crippen molar-refractivity contribution in [3.8, 4) is 0 Å². The quantitative estimate of drug-likeness (QED) is 0.347. The van der Waals surface area contributed by atoms with E-state index in [1.54, 1.807) is 0 Å². The van der Waals surface area contributed by atoms with E-state index >= 15 is 0 Å². The summed E-state index contributed by atoms with van der Waals surface area (Å²) in [5.41, 5.74) is -0.198. The Morgan fingerprint density at radius 3 is 2.55 bits per heavy atom. The summed E-state index contributed by atoms with van der Waals surface area (Å²) in [5, 5.41) is 0. The summed E-state index contributed by atoms with van der Waals surface area (Å²) in [5.74, 6) is 0. The zero-order valence-corrected chi connectivity index (χ0v) is 7.46. The van der Waals surface area contributed by atoms with Crippen molar-refractivity contribution in [3.63, 3.8) is 0 Å². The molecule has 0 spiro atoms. The zero-order valence-electron chi connectivity index (χ0n) is 7.46. The second-order valence-corrected chi connectivity index (χ2v) is 3.84. The highest BCUT2D eigenvalue weighted by Crippen LogP contribution is 2.16. The fourth-order valence-corrected chi connectivity index (χ4v) is 0.891. The van der Waals surface area contributed by atoms with Crippen LogP contribution in [0.25, 0.3) is 0 Å². The number of allylic oxidation sites excluding steroid dienone is 1. The lowest BCUT2D eigenvalue weighted by Gasteiger charge is -2.19. The first-order valence-electron chi connectivity index (χ1n) is 4.09. The summed E-state index contributed by atoms with van der Waals surface area (Å²) < 4.78 is 0. The van der Waals surface area contributed by atoms with Gasteiger partial charge in [-0.25, -0.2) is 9.78 Å². The van der Waals surface area contributed by atoms with E-state index in [-0.39, 0.29) is 11.7 Å². The predicted octanol–water partition coefficient (Wildman–Crippen LogP) is 2.45. The van der Waals surface area contributed by atoms with E-state index < -0.39 is 0 Å². The molecule has 0 saturated carbocycles. The first kappa shape index (κ1) is 8.75. The largest absolute Gasteiger partial charge is 0.230 e. The van der Waals surface area contributed by atoms with Crippen molar-refractivity contribution < 1.29 is 9.78 Å². The van der Waals surface area contributed by atoms with E-state index in [2.05, 4.69) is 6.08 Å². The third kappa shape index (κ3) is 3.54. The van der Waals surface area contributed by atoms with E-state index in [1.165, 1.54) is 0 Å². The molecule has 0 fully saturated rings. The van der Waals surface area contributed by atoms with Crippen LogP contribution in [0, 0.1) is 0 Å². The van der Waals surface area contributed by atoms with Gasteiger partial charge in [0.25, 0.3) is 0 Å². The van der Waals surface area contributed by atoms with Gasteiger partial charge in [0.15, 0.2) is 0 Å². The van der Waals surface area contributed by atoms with E-state index in [0.29, 0.717) is 0 Å². The Morgan fingerprint density at radius 1 is 1.36 bits per heavy atom. The maximum absolute atomic E-state index is 5.18. The average molecular weight is 156 g/mol.